The van der Waals surface area contributed by atoms with E-state index in [0.29, 0.717) is 0 Å². The summed E-state index contributed by atoms with van der Waals surface area (Å²) in [6.45, 7) is 0. The van der Waals surface area contributed by atoms with Gasteiger partial charge in [0.15, 0.2) is 0 Å². The van der Waals surface area contributed by atoms with Gasteiger partial charge in [0, 0.05) is 31.5 Å². The molecule has 26 heavy (non-hydrogen) atoms. The van der Waals surface area contributed by atoms with Crippen molar-refractivity contribution in [3.8, 4) is 11.1 Å². The predicted molar refractivity (Wildman–Crippen MR) is 114 cm³/mol. The fourth-order valence-corrected chi connectivity index (χ4v) is 4.63. The second-order valence-electron chi connectivity index (χ2n) is 6.35. The highest BCUT2D eigenvalue weighted by Gasteiger charge is 2.12. The first-order chi connectivity index (χ1) is 12.9. The number of nitrogens with one attached hydrogen (secondary N) is 1. The number of rotatable bonds is 3. The van der Waals surface area contributed by atoms with E-state index in [0.717, 1.165) is 11.4 Å². The van der Waals surface area contributed by atoms with Gasteiger partial charge < -0.3 is 5.32 Å². The lowest BCUT2D eigenvalue weighted by Gasteiger charge is -2.11. The van der Waals surface area contributed by atoms with Crippen molar-refractivity contribution in [1.29, 1.82) is 0 Å². The highest BCUT2D eigenvalue weighted by atomic mass is 32.1. The molecule has 0 unspecified atom stereocenters. The van der Waals surface area contributed by atoms with Crippen molar-refractivity contribution in [2.45, 2.75) is 0 Å². The Labute approximate surface area is 156 Å². The van der Waals surface area contributed by atoms with Crippen molar-refractivity contribution in [2.24, 2.45) is 0 Å². The Morgan fingerprint density at radius 3 is 2.08 bits per heavy atom. The maximum absolute atomic E-state index is 3.56. The lowest BCUT2D eigenvalue weighted by Crippen LogP contribution is -1.90. The van der Waals surface area contributed by atoms with Crippen LogP contribution in [-0.4, -0.2) is 0 Å². The first kappa shape index (κ1) is 15.2. The molecule has 1 aromatic heterocycles. The number of thiophene rings is 1. The third-order valence-electron chi connectivity index (χ3n) is 4.63. The molecule has 4 aromatic carbocycles. The smallest absolute Gasteiger partial charge is 0.0405 e. The molecule has 1 nitrogen and oxygen atoms in total. The highest BCUT2D eigenvalue weighted by Crippen LogP contribution is 2.42. The molecule has 0 amide bonds. The van der Waals surface area contributed by atoms with Gasteiger partial charge in [-0.25, -0.2) is 0 Å². The molecule has 5 rings (SSSR count). The summed E-state index contributed by atoms with van der Waals surface area (Å²) in [5.41, 5.74) is 4.75. The van der Waals surface area contributed by atoms with E-state index in [1.807, 2.05) is 17.4 Å². The third-order valence-corrected chi connectivity index (χ3v) is 5.74. The minimum absolute atomic E-state index is 1.10. The maximum Gasteiger partial charge on any atom is 0.0405 e. The van der Waals surface area contributed by atoms with Gasteiger partial charge in [-0.15, -0.1) is 11.3 Å². The van der Waals surface area contributed by atoms with Crippen LogP contribution in [0.2, 0.25) is 0 Å². The van der Waals surface area contributed by atoms with Crippen molar-refractivity contribution in [2.75, 3.05) is 5.32 Å². The van der Waals surface area contributed by atoms with Gasteiger partial charge in [0.1, 0.15) is 0 Å². The standard InChI is InChI=1S/C24H17NS/c1-3-9-17(10-4-1)21-15-19(25-18-11-5-2-6-12-18)16-23-24(21)20-13-7-8-14-22(20)26-23/h1-16,25H. The molecule has 5 aromatic rings. The molecule has 0 aliphatic heterocycles. The summed E-state index contributed by atoms with van der Waals surface area (Å²) in [5.74, 6) is 0. The average Bonchev–Trinajstić information content (AvgIpc) is 3.07. The molecule has 0 saturated heterocycles. The molecule has 0 aliphatic carbocycles. The number of hydrogen-bond donors (Lipinski definition) is 1. The number of fused-ring (bicyclic) bond motifs is 3. The Kier molecular flexibility index (Phi) is 3.69. The molecule has 0 fully saturated rings. The number of anilines is 2. The zero-order valence-electron chi connectivity index (χ0n) is 14.1. The molecular formula is C24H17NS. The Bertz CT molecular complexity index is 1190. The van der Waals surface area contributed by atoms with E-state index in [-0.39, 0.29) is 0 Å². The van der Waals surface area contributed by atoms with Crippen molar-refractivity contribution < 1.29 is 0 Å². The molecule has 2 heteroatoms. The van der Waals surface area contributed by atoms with Crippen LogP contribution in [0.4, 0.5) is 11.4 Å². The Balaban J connectivity index is 1.77. The van der Waals surface area contributed by atoms with Crippen LogP contribution in [0.1, 0.15) is 0 Å². The van der Waals surface area contributed by atoms with Crippen LogP contribution in [0.5, 0.6) is 0 Å². The van der Waals surface area contributed by atoms with Crippen LogP contribution in [0.15, 0.2) is 97.1 Å². The van der Waals surface area contributed by atoms with Crippen LogP contribution >= 0.6 is 11.3 Å². The summed E-state index contributed by atoms with van der Waals surface area (Å²) in [7, 11) is 0. The van der Waals surface area contributed by atoms with E-state index in [9.17, 15) is 0 Å². The molecule has 124 valence electrons. The zero-order chi connectivity index (χ0) is 17.3. The molecule has 1 N–H and O–H groups in total. The molecule has 0 bridgehead atoms. The summed E-state index contributed by atoms with van der Waals surface area (Å²) in [4.78, 5) is 0. The lowest BCUT2D eigenvalue weighted by atomic mass is 9.98. The van der Waals surface area contributed by atoms with Gasteiger partial charge in [-0.05, 0) is 41.5 Å². The molecule has 1 heterocycles. The van der Waals surface area contributed by atoms with Gasteiger partial charge in [0.25, 0.3) is 0 Å². The summed E-state index contributed by atoms with van der Waals surface area (Å²) in [5, 5.41) is 6.23. The van der Waals surface area contributed by atoms with Crippen molar-refractivity contribution >= 4 is 42.9 Å². The van der Waals surface area contributed by atoms with Crippen LogP contribution in [-0.2, 0) is 0 Å². The SMILES string of the molecule is c1ccc(Nc2cc(-c3ccccc3)c3c(c2)sc2ccccc23)cc1. The molecule has 0 atom stereocenters. The van der Waals surface area contributed by atoms with Crippen LogP contribution in [0.3, 0.4) is 0 Å². The summed E-state index contributed by atoms with van der Waals surface area (Å²) >= 11 is 1.86. The van der Waals surface area contributed by atoms with Crippen LogP contribution < -0.4 is 5.32 Å². The number of hydrogen-bond acceptors (Lipinski definition) is 2. The number of para-hydroxylation sites is 1. The quantitative estimate of drug-likeness (QED) is 0.355. The van der Waals surface area contributed by atoms with Gasteiger partial charge in [0.05, 0.1) is 0 Å². The highest BCUT2D eigenvalue weighted by molar-refractivity contribution is 7.26. The molecular weight excluding hydrogens is 334 g/mol. The Hall–Kier alpha value is -3.10. The van der Waals surface area contributed by atoms with Crippen molar-refractivity contribution in [3.05, 3.63) is 97.1 Å². The Morgan fingerprint density at radius 1 is 0.577 bits per heavy atom. The third kappa shape index (κ3) is 2.65. The van der Waals surface area contributed by atoms with E-state index >= 15 is 0 Å². The van der Waals surface area contributed by atoms with E-state index in [2.05, 4.69) is 96.3 Å². The fraction of sp³-hybridized carbons (Fsp3) is 0. The second kappa shape index (κ2) is 6.32. The van der Waals surface area contributed by atoms with E-state index in [1.54, 1.807) is 0 Å². The van der Waals surface area contributed by atoms with E-state index in [4.69, 9.17) is 0 Å². The summed E-state index contributed by atoms with van der Waals surface area (Å²) < 4.78 is 2.64. The van der Waals surface area contributed by atoms with Gasteiger partial charge in [-0.3, -0.25) is 0 Å². The van der Waals surface area contributed by atoms with Gasteiger partial charge in [0.2, 0.25) is 0 Å². The second-order valence-corrected chi connectivity index (χ2v) is 7.44. The Morgan fingerprint density at radius 2 is 1.27 bits per heavy atom. The average molecular weight is 351 g/mol. The minimum atomic E-state index is 1.10. The van der Waals surface area contributed by atoms with E-state index in [1.165, 1.54) is 31.3 Å². The maximum atomic E-state index is 3.56. The minimum Gasteiger partial charge on any atom is -0.355 e. The van der Waals surface area contributed by atoms with Crippen molar-refractivity contribution in [1.82, 2.24) is 0 Å². The predicted octanol–water partition coefficient (Wildman–Crippen LogP) is 7.47. The van der Waals surface area contributed by atoms with Gasteiger partial charge in [-0.2, -0.15) is 0 Å². The molecule has 0 aliphatic rings. The zero-order valence-corrected chi connectivity index (χ0v) is 15.0. The largest absolute Gasteiger partial charge is 0.355 e. The van der Waals surface area contributed by atoms with Crippen LogP contribution in [0.25, 0.3) is 31.3 Å². The summed E-state index contributed by atoms with van der Waals surface area (Å²) in [6.07, 6.45) is 0. The van der Waals surface area contributed by atoms with Crippen LogP contribution in [0, 0.1) is 0 Å². The number of benzene rings is 4. The fourth-order valence-electron chi connectivity index (χ4n) is 3.46. The lowest BCUT2D eigenvalue weighted by molar-refractivity contribution is 1.57. The summed E-state index contributed by atoms with van der Waals surface area (Å²) in [6, 6.07) is 34.2. The first-order valence-electron chi connectivity index (χ1n) is 8.71. The molecule has 0 saturated carbocycles. The molecule has 0 radical (unpaired) electrons. The van der Waals surface area contributed by atoms with Gasteiger partial charge >= 0.3 is 0 Å². The molecule has 0 spiro atoms. The normalized spacial score (nSPS) is 11.1. The monoisotopic (exact) mass is 351 g/mol. The first-order valence-corrected chi connectivity index (χ1v) is 9.53. The van der Waals surface area contributed by atoms with E-state index < -0.39 is 0 Å². The van der Waals surface area contributed by atoms with Crippen molar-refractivity contribution in [3.63, 3.8) is 0 Å². The topological polar surface area (TPSA) is 12.0 Å². The van der Waals surface area contributed by atoms with Gasteiger partial charge in [-0.1, -0.05) is 66.7 Å².